The molecule has 10 nitrogen and oxygen atoms in total. The summed E-state index contributed by atoms with van der Waals surface area (Å²) in [7, 11) is 0. The number of rotatable bonds is 8. The Morgan fingerprint density at radius 3 is 2.00 bits per heavy atom. The molecule has 5 atom stereocenters. The van der Waals surface area contributed by atoms with E-state index in [4.69, 9.17) is 28.4 Å². The molecule has 0 spiro atoms. The van der Waals surface area contributed by atoms with E-state index in [0.29, 0.717) is 5.75 Å². The molecule has 0 saturated carbocycles. The van der Waals surface area contributed by atoms with Crippen LogP contribution in [0.5, 0.6) is 5.75 Å². The van der Waals surface area contributed by atoms with Crippen molar-refractivity contribution in [2.75, 3.05) is 6.61 Å². The molecule has 1 fully saturated rings. The predicted octanol–water partition coefficient (Wildman–Crippen LogP) is 1.15. The summed E-state index contributed by atoms with van der Waals surface area (Å²) in [6.45, 7) is 4.34. The number of carbonyl (C=O) groups excluding carboxylic acids is 4. The highest BCUT2D eigenvalue weighted by Gasteiger charge is 2.54. The topological polar surface area (TPSA) is 124 Å². The number of hydrogen-bond acceptors (Lipinski definition) is 10. The monoisotopic (exact) mass is 424 g/mol. The standard InChI is InChI=1S/C20H24O10/c1-11(21)25-10-16(26-12(2)22)17-18(27-13(3)23)19(28-14(4)24)20(30-17)29-15-8-6-5-7-9-15/h5-9,16-20H,10H2,1-4H3. The molecule has 0 radical (unpaired) electrons. The van der Waals surface area contributed by atoms with Crippen LogP contribution in [0.4, 0.5) is 0 Å². The second kappa shape index (κ2) is 10.6. The molecule has 2 rings (SSSR count). The van der Waals surface area contributed by atoms with Gasteiger partial charge in [-0.25, -0.2) is 0 Å². The van der Waals surface area contributed by atoms with E-state index in [9.17, 15) is 19.2 Å². The molecule has 164 valence electrons. The van der Waals surface area contributed by atoms with E-state index in [1.165, 1.54) is 20.8 Å². The molecule has 1 heterocycles. The van der Waals surface area contributed by atoms with Crippen LogP contribution in [0, 0.1) is 0 Å². The lowest BCUT2D eigenvalue weighted by atomic mass is 10.1. The van der Waals surface area contributed by atoms with Crippen LogP contribution in [-0.2, 0) is 42.9 Å². The maximum absolute atomic E-state index is 11.7. The SMILES string of the molecule is CC(=O)OCC(OC(C)=O)C1OC(Oc2ccccc2)C(OC(C)=O)C1OC(C)=O. The minimum Gasteiger partial charge on any atom is -0.462 e. The molecule has 1 aliphatic heterocycles. The summed E-state index contributed by atoms with van der Waals surface area (Å²) in [4.78, 5) is 46.2. The van der Waals surface area contributed by atoms with Crippen molar-refractivity contribution in [1.29, 1.82) is 0 Å². The summed E-state index contributed by atoms with van der Waals surface area (Å²) in [6.07, 6.45) is -5.79. The molecule has 0 N–H and O–H groups in total. The fourth-order valence-electron chi connectivity index (χ4n) is 2.93. The van der Waals surface area contributed by atoms with Crippen LogP contribution < -0.4 is 4.74 Å². The maximum Gasteiger partial charge on any atom is 0.303 e. The van der Waals surface area contributed by atoms with Gasteiger partial charge >= 0.3 is 23.9 Å². The first kappa shape index (κ1) is 23.1. The van der Waals surface area contributed by atoms with Crippen molar-refractivity contribution in [3.63, 3.8) is 0 Å². The van der Waals surface area contributed by atoms with Crippen LogP contribution in [0.1, 0.15) is 27.7 Å². The first-order valence-electron chi connectivity index (χ1n) is 9.19. The number of hydrogen-bond donors (Lipinski definition) is 0. The van der Waals surface area contributed by atoms with Crippen LogP contribution in [0.2, 0.25) is 0 Å². The van der Waals surface area contributed by atoms with Crippen LogP contribution in [0.3, 0.4) is 0 Å². The second-order valence-electron chi connectivity index (χ2n) is 6.50. The second-order valence-corrected chi connectivity index (χ2v) is 6.50. The highest BCUT2D eigenvalue weighted by Crippen LogP contribution is 2.32. The van der Waals surface area contributed by atoms with Gasteiger partial charge in [-0.1, -0.05) is 18.2 Å². The maximum atomic E-state index is 11.7. The summed E-state index contributed by atoms with van der Waals surface area (Å²) in [5.74, 6) is -2.21. The lowest BCUT2D eigenvalue weighted by Gasteiger charge is -2.27. The van der Waals surface area contributed by atoms with Crippen molar-refractivity contribution in [2.45, 2.75) is 58.4 Å². The largest absolute Gasteiger partial charge is 0.462 e. The summed E-state index contributed by atoms with van der Waals surface area (Å²) in [5.41, 5.74) is 0. The van der Waals surface area contributed by atoms with Crippen molar-refractivity contribution in [3.05, 3.63) is 30.3 Å². The number of para-hydroxylation sites is 1. The van der Waals surface area contributed by atoms with Gasteiger partial charge in [0.15, 0.2) is 12.2 Å². The summed E-state index contributed by atoms with van der Waals surface area (Å²) in [5, 5.41) is 0. The van der Waals surface area contributed by atoms with Crippen LogP contribution >= 0.6 is 0 Å². The zero-order valence-electron chi connectivity index (χ0n) is 17.1. The van der Waals surface area contributed by atoms with Gasteiger partial charge in [-0.2, -0.15) is 0 Å². The average molecular weight is 424 g/mol. The Labute approximate surface area is 173 Å². The Morgan fingerprint density at radius 2 is 1.47 bits per heavy atom. The van der Waals surface area contributed by atoms with Gasteiger partial charge in [0, 0.05) is 27.7 Å². The van der Waals surface area contributed by atoms with E-state index < -0.39 is 54.6 Å². The third kappa shape index (κ3) is 6.73. The van der Waals surface area contributed by atoms with E-state index in [0.717, 1.165) is 6.92 Å². The van der Waals surface area contributed by atoms with Crippen molar-refractivity contribution < 1.29 is 47.6 Å². The molecule has 30 heavy (non-hydrogen) atoms. The Hall–Kier alpha value is -3.14. The number of ether oxygens (including phenoxy) is 6. The van der Waals surface area contributed by atoms with Crippen LogP contribution in [0.15, 0.2) is 30.3 Å². The Morgan fingerprint density at radius 1 is 0.867 bits per heavy atom. The number of carbonyl (C=O) groups is 4. The molecule has 1 aromatic rings. The molecule has 0 bridgehead atoms. The zero-order valence-corrected chi connectivity index (χ0v) is 17.1. The van der Waals surface area contributed by atoms with Gasteiger partial charge in [0.2, 0.25) is 12.4 Å². The van der Waals surface area contributed by atoms with Gasteiger partial charge in [-0.15, -0.1) is 0 Å². The molecular formula is C20H24O10. The highest BCUT2D eigenvalue weighted by atomic mass is 16.7. The normalized spacial score (nSPS) is 23.7. The fraction of sp³-hybridized carbons (Fsp3) is 0.500. The van der Waals surface area contributed by atoms with Crippen LogP contribution in [-0.4, -0.2) is 61.2 Å². The molecule has 0 amide bonds. The van der Waals surface area contributed by atoms with Gasteiger partial charge in [0.1, 0.15) is 18.5 Å². The Balaban J connectivity index is 2.35. The van der Waals surface area contributed by atoms with E-state index in [-0.39, 0.29) is 6.61 Å². The van der Waals surface area contributed by atoms with Crippen molar-refractivity contribution in [1.82, 2.24) is 0 Å². The first-order valence-corrected chi connectivity index (χ1v) is 9.19. The minimum atomic E-state index is -1.18. The van der Waals surface area contributed by atoms with Crippen molar-refractivity contribution in [3.8, 4) is 5.75 Å². The third-order valence-corrected chi connectivity index (χ3v) is 3.94. The van der Waals surface area contributed by atoms with Gasteiger partial charge in [-0.3, -0.25) is 19.2 Å². The van der Waals surface area contributed by atoms with Gasteiger partial charge in [0.25, 0.3) is 0 Å². The molecule has 1 saturated heterocycles. The quantitative estimate of drug-likeness (QED) is 0.443. The molecule has 1 aliphatic rings. The third-order valence-electron chi connectivity index (χ3n) is 3.94. The highest BCUT2D eigenvalue weighted by molar-refractivity contribution is 5.68. The Kier molecular flexibility index (Phi) is 8.16. The van der Waals surface area contributed by atoms with E-state index in [1.807, 2.05) is 0 Å². The van der Waals surface area contributed by atoms with Crippen LogP contribution in [0.25, 0.3) is 0 Å². The first-order chi connectivity index (χ1) is 14.2. The molecule has 10 heteroatoms. The smallest absolute Gasteiger partial charge is 0.303 e. The van der Waals surface area contributed by atoms with Crippen molar-refractivity contribution >= 4 is 23.9 Å². The number of benzene rings is 1. The minimum absolute atomic E-state index is 0.359. The summed E-state index contributed by atoms with van der Waals surface area (Å²) < 4.78 is 32.4. The van der Waals surface area contributed by atoms with E-state index >= 15 is 0 Å². The Bertz CT molecular complexity index is 762. The molecular weight excluding hydrogens is 400 g/mol. The molecule has 0 aromatic heterocycles. The van der Waals surface area contributed by atoms with Gasteiger partial charge in [-0.05, 0) is 12.1 Å². The predicted molar refractivity (Wildman–Crippen MR) is 99.0 cm³/mol. The lowest BCUT2D eigenvalue weighted by Crippen LogP contribution is -2.47. The molecule has 0 aliphatic carbocycles. The molecule has 5 unspecified atom stereocenters. The van der Waals surface area contributed by atoms with E-state index in [2.05, 4.69) is 0 Å². The van der Waals surface area contributed by atoms with Crippen molar-refractivity contribution in [2.24, 2.45) is 0 Å². The van der Waals surface area contributed by atoms with Gasteiger partial charge in [0.05, 0.1) is 0 Å². The van der Waals surface area contributed by atoms with Gasteiger partial charge < -0.3 is 28.4 Å². The average Bonchev–Trinajstić information content (AvgIpc) is 2.95. The summed E-state index contributed by atoms with van der Waals surface area (Å²) >= 11 is 0. The molecule has 1 aromatic carbocycles. The fourth-order valence-corrected chi connectivity index (χ4v) is 2.93. The summed E-state index contributed by atoms with van der Waals surface area (Å²) in [6, 6.07) is 8.56. The van der Waals surface area contributed by atoms with E-state index in [1.54, 1.807) is 30.3 Å². The lowest BCUT2D eigenvalue weighted by molar-refractivity contribution is -0.180. The number of esters is 4. The zero-order chi connectivity index (χ0) is 22.3.